The van der Waals surface area contributed by atoms with Gasteiger partial charge in [-0.05, 0) is 41.0 Å². The summed E-state index contributed by atoms with van der Waals surface area (Å²) in [6.45, 7) is 9.49. The lowest BCUT2D eigenvalue weighted by molar-refractivity contribution is -0.143. The smallest absolute Gasteiger partial charge is 0.326 e. The molecule has 0 saturated carbocycles. The Balaban J connectivity index is 2.21. The summed E-state index contributed by atoms with van der Waals surface area (Å²) in [6.07, 6.45) is 8.54. The van der Waals surface area contributed by atoms with Crippen LogP contribution >= 0.6 is 0 Å². The quantitative estimate of drug-likeness (QED) is 0.157. The molecular formula is C34H51N3O5. The van der Waals surface area contributed by atoms with Gasteiger partial charge in [0.25, 0.3) is 0 Å². The summed E-state index contributed by atoms with van der Waals surface area (Å²) >= 11 is 0. The van der Waals surface area contributed by atoms with Crippen LogP contribution < -0.4 is 16.0 Å². The third-order valence-electron chi connectivity index (χ3n) is 7.53. The highest BCUT2D eigenvalue weighted by atomic mass is 16.4. The van der Waals surface area contributed by atoms with E-state index in [-0.39, 0.29) is 24.2 Å². The molecule has 4 N–H and O–H groups in total. The van der Waals surface area contributed by atoms with Gasteiger partial charge in [0.05, 0.1) is 0 Å². The van der Waals surface area contributed by atoms with Crippen LogP contribution in [0.5, 0.6) is 0 Å². The van der Waals surface area contributed by atoms with Crippen molar-refractivity contribution in [3.63, 3.8) is 0 Å². The zero-order chi connectivity index (χ0) is 31.1. The monoisotopic (exact) mass is 581 g/mol. The van der Waals surface area contributed by atoms with E-state index in [1.807, 2.05) is 56.3 Å². The number of hydrogen-bond acceptors (Lipinski definition) is 4. The molecule has 2 aromatic rings. The van der Waals surface area contributed by atoms with E-state index >= 15 is 0 Å². The van der Waals surface area contributed by atoms with Crippen LogP contribution in [-0.2, 0) is 25.6 Å². The molecule has 42 heavy (non-hydrogen) atoms. The van der Waals surface area contributed by atoms with E-state index in [4.69, 9.17) is 0 Å². The molecule has 3 atom stereocenters. The minimum Gasteiger partial charge on any atom is -0.480 e. The highest BCUT2D eigenvalue weighted by Crippen LogP contribution is 2.20. The Morgan fingerprint density at radius 3 is 2.00 bits per heavy atom. The number of fused-ring (bicyclic) bond motifs is 1. The maximum Gasteiger partial charge on any atom is 0.326 e. The summed E-state index contributed by atoms with van der Waals surface area (Å²) in [4.78, 5) is 51.6. The molecule has 0 heterocycles. The Labute approximate surface area is 251 Å². The molecule has 0 aromatic heterocycles. The molecule has 8 heteroatoms. The third-order valence-corrected chi connectivity index (χ3v) is 7.53. The van der Waals surface area contributed by atoms with Crippen LogP contribution in [0.15, 0.2) is 42.5 Å². The standard InChI is InChI=1S/C34H51N3O5/c1-6-7-8-9-10-11-12-20-30(38)35-29(22-26-18-15-17-25-16-13-14-19-27(25)26)32(39)36-28(21-23(2)3)33(40)37-31(24(4)5)34(41)42/h13-19,23-24,28-29,31H,6-12,20-22H2,1-5H3,(H,35,38)(H,36,39)(H,37,40)(H,41,42)/t28-,29?,31-/m0/s1. The van der Waals surface area contributed by atoms with Crippen LogP contribution in [-0.4, -0.2) is 46.9 Å². The Kier molecular flexibility index (Phi) is 15.1. The van der Waals surface area contributed by atoms with Crippen molar-refractivity contribution in [1.29, 1.82) is 0 Å². The number of hydrogen-bond donors (Lipinski definition) is 4. The highest BCUT2D eigenvalue weighted by Gasteiger charge is 2.31. The second kappa shape index (κ2) is 18.2. The molecule has 232 valence electrons. The lowest BCUT2D eigenvalue weighted by Gasteiger charge is -2.26. The molecule has 8 nitrogen and oxygen atoms in total. The molecule has 0 spiro atoms. The van der Waals surface area contributed by atoms with Crippen LogP contribution in [0.25, 0.3) is 10.8 Å². The number of carboxylic acid groups (broad SMARTS) is 1. The van der Waals surface area contributed by atoms with Gasteiger partial charge in [0.2, 0.25) is 17.7 Å². The van der Waals surface area contributed by atoms with Crippen molar-refractivity contribution < 1.29 is 24.3 Å². The van der Waals surface area contributed by atoms with Crippen molar-refractivity contribution >= 4 is 34.5 Å². The number of aliphatic carboxylic acids is 1. The number of rotatable bonds is 19. The minimum atomic E-state index is -1.13. The summed E-state index contributed by atoms with van der Waals surface area (Å²) in [5, 5.41) is 20.0. The average molecular weight is 582 g/mol. The van der Waals surface area contributed by atoms with Gasteiger partial charge in [0, 0.05) is 12.8 Å². The van der Waals surface area contributed by atoms with E-state index in [0.29, 0.717) is 12.8 Å². The fourth-order valence-corrected chi connectivity index (χ4v) is 5.15. The maximum absolute atomic E-state index is 13.7. The van der Waals surface area contributed by atoms with Crippen LogP contribution in [0.4, 0.5) is 0 Å². The first-order chi connectivity index (χ1) is 20.0. The molecule has 0 aliphatic rings. The van der Waals surface area contributed by atoms with E-state index in [9.17, 15) is 24.3 Å². The van der Waals surface area contributed by atoms with Gasteiger partial charge in [-0.2, -0.15) is 0 Å². The summed E-state index contributed by atoms with van der Waals surface area (Å²) in [6, 6.07) is 10.9. The van der Waals surface area contributed by atoms with Crippen molar-refractivity contribution in [3.8, 4) is 0 Å². The van der Waals surface area contributed by atoms with Crippen molar-refractivity contribution in [1.82, 2.24) is 16.0 Å². The van der Waals surface area contributed by atoms with Gasteiger partial charge in [-0.25, -0.2) is 4.79 Å². The van der Waals surface area contributed by atoms with Crippen molar-refractivity contribution in [2.45, 2.75) is 117 Å². The van der Waals surface area contributed by atoms with Gasteiger partial charge >= 0.3 is 5.97 Å². The number of nitrogens with one attached hydrogen (secondary N) is 3. The fraction of sp³-hybridized carbons (Fsp3) is 0.588. The predicted octanol–water partition coefficient (Wildman–Crippen LogP) is 5.76. The van der Waals surface area contributed by atoms with Gasteiger partial charge in [-0.3, -0.25) is 14.4 Å². The Morgan fingerprint density at radius 1 is 0.738 bits per heavy atom. The maximum atomic E-state index is 13.7. The van der Waals surface area contributed by atoms with E-state index in [2.05, 4.69) is 22.9 Å². The summed E-state index contributed by atoms with van der Waals surface area (Å²) in [5.41, 5.74) is 0.917. The zero-order valence-corrected chi connectivity index (χ0v) is 26.1. The minimum absolute atomic E-state index is 0.0619. The predicted molar refractivity (Wildman–Crippen MR) is 168 cm³/mol. The largest absolute Gasteiger partial charge is 0.480 e. The van der Waals surface area contributed by atoms with E-state index in [1.54, 1.807) is 13.8 Å². The van der Waals surface area contributed by atoms with Gasteiger partial charge in [0.1, 0.15) is 18.1 Å². The molecule has 0 fully saturated rings. The number of amides is 3. The molecule has 0 aliphatic heterocycles. The second-order valence-corrected chi connectivity index (χ2v) is 12.1. The number of unbranched alkanes of at least 4 members (excludes halogenated alkanes) is 6. The van der Waals surface area contributed by atoms with Crippen LogP contribution in [0.2, 0.25) is 0 Å². The zero-order valence-electron chi connectivity index (χ0n) is 26.1. The van der Waals surface area contributed by atoms with Crippen molar-refractivity contribution in [2.24, 2.45) is 11.8 Å². The number of carbonyl (C=O) groups is 4. The molecule has 1 unspecified atom stereocenters. The molecule has 0 aliphatic carbocycles. The van der Waals surface area contributed by atoms with Gasteiger partial charge in [-0.15, -0.1) is 0 Å². The number of benzene rings is 2. The average Bonchev–Trinajstić information content (AvgIpc) is 2.94. The molecular weight excluding hydrogens is 530 g/mol. The molecule has 0 bridgehead atoms. The summed E-state index contributed by atoms with van der Waals surface area (Å²) in [5.74, 6) is -2.60. The van der Waals surface area contributed by atoms with Crippen molar-refractivity contribution in [2.75, 3.05) is 0 Å². The SMILES string of the molecule is CCCCCCCCCC(=O)NC(Cc1cccc2ccccc12)C(=O)N[C@@H](CC(C)C)C(=O)N[C@H](C(=O)O)C(C)C. The summed E-state index contributed by atoms with van der Waals surface area (Å²) < 4.78 is 0. The normalized spacial score (nSPS) is 13.5. The van der Waals surface area contributed by atoms with E-state index < -0.39 is 35.9 Å². The first-order valence-corrected chi connectivity index (χ1v) is 15.6. The molecule has 2 aromatic carbocycles. The van der Waals surface area contributed by atoms with E-state index in [0.717, 1.165) is 35.6 Å². The van der Waals surface area contributed by atoms with Gasteiger partial charge in [-0.1, -0.05) is 116 Å². The second-order valence-electron chi connectivity index (χ2n) is 12.1. The molecule has 0 radical (unpaired) electrons. The van der Waals surface area contributed by atoms with Gasteiger partial charge in [0.15, 0.2) is 0 Å². The van der Waals surface area contributed by atoms with Crippen LogP contribution in [0.1, 0.15) is 98.0 Å². The van der Waals surface area contributed by atoms with Gasteiger partial charge < -0.3 is 21.1 Å². The van der Waals surface area contributed by atoms with Crippen LogP contribution in [0.3, 0.4) is 0 Å². The Bertz CT molecular complexity index is 1160. The Morgan fingerprint density at radius 2 is 1.36 bits per heavy atom. The fourth-order valence-electron chi connectivity index (χ4n) is 5.15. The highest BCUT2D eigenvalue weighted by molar-refractivity contribution is 5.94. The van der Waals surface area contributed by atoms with E-state index in [1.165, 1.54) is 25.7 Å². The number of carboxylic acids is 1. The number of carbonyl (C=O) groups excluding carboxylic acids is 3. The molecule has 3 amide bonds. The topological polar surface area (TPSA) is 125 Å². The lowest BCUT2D eigenvalue weighted by Crippen LogP contribution is -2.57. The first-order valence-electron chi connectivity index (χ1n) is 15.6. The summed E-state index contributed by atoms with van der Waals surface area (Å²) in [7, 11) is 0. The Hall–Kier alpha value is -3.42. The molecule has 2 rings (SSSR count). The van der Waals surface area contributed by atoms with Crippen LogP contribution in [0, 0.1) is 11.8 Å². The first kappa shape index (κ1) is 34.8. The molecule has 0 saturated heterocycles. The van der Waals surface area contributed by atoms with Crippen molar-refractivity contribution in [3.05, 3.63) is 48.0 Å². The lowest BCUT2D eigenvalue weighted by atomic mass is 9.97. The third kappa shape index (κ3) is 11.8.